The molecule has 3 aliphatic carbocycles. The highest BCUT2D eigenvalue weighted by Gasteiger charge is 2.63. The molecule has 104 valence electrons. The Balaban J connectivity index is 1.88. The van der Waals surface area contributed by atoms with E-state index in [0.29, 0.717) is 11.8 Å². The third-order valence-corrected chi connectivity index (χ3v) is 6.22. The molecule has 1 aromatic rings. The molecule has 2 bridgehead atoms. The van der Waals surface area contributed by atoms with E-state index in [1.165, 1.54) is 12.0 Å². The van der Waals surface area contributed by atoms with Crippen LogP contribution in [-0.2, 0) is 11.8 Å². The lowest BCUT2D eigenvalue weighted by molar-refractivity contribution is -0.0691. The smallest absolute Gasteiger partial charge is 0.111 e. The van der Waals surface area contributed by atoms with Crippen LogP contribution in [0.4, 0.5) is 0 Å². The van der Waals surface area contributed by atoms with Crippen molar-refractivity contribution in [2.75, 3.05) is 0 Å². The zero-order valence-electron chi connectivity index (χ0n) is 11.8. The normalized spacial score (nSPS) is 42.2. The topological polar surface area (TPSA) is 44.0 Å². The standard InChI is InChI=1S/C18H21NO/c19-12-17(18(20)11-13-7-8-15(18)10-13)9-3-5-14-4-1-2-6-16(14)17/h1-2,4,6,13,15,20H,3,5,7-11H2. The molecule has 1 N–H and O–H groups in total. The molecule has 20 heavy (non-hydrogen) atoms. The van der Waals surface area contributed by atoms with E-state index in [4.69, 9.17) is 0 Å². The highest BCUT2D eigenvalue weighted by molar-refractivity contribution is 5.46. The van der Waals surface area contributed by atoms with Gasteiger partial charge in [-0.15, -0.1) is 0 Å². The number of benzene rings is 1. The van der Waals surface area contributed by atoms with Gasteiger partial charge in [-0.1, -0.05) is 24.3 Å². The zero-order valence-corrected chi connectivity index (χ0v) is 11.8. The van der Waals surface area contributed by atoms with Gasteiger partial charge in [0, 0.05) is 0 Å². The molecule has 4 unspecified atom stereocenters. The summed E-state index contributed by atoms with van der Waals surface area (Å²) >= 11 is 0. The molecule has 0 amide bonds. The fourth-order valence-corrected chi connectivity index (χ4v) is 5.32. The summed E-state index contributed by atoms with van der Waals surface area (Å²) in [6.07, 6.45) is 7.19. The maximum Gasteiger partial charge on any atom is 0.111 e. The Bertz CT molecular complexity index is 589. The number of nitrogens with zero attached hydrogens (tertiary/aromatic N) is 1. The maximum atomic E-state index is 11.5. The van der Waals surface area contributed by atoms with Crippen LogP contribution in [0.25, 0.3) is 0 Å². The van der Waals surface area contributed by atoms with Crippen molar-refractivity contribution < 1.29 is 5.11 Å². The van der Waals surface area contributed by atoms with E-state index in [1.54, 1.807) is 0 Å². The third-order valence-electron chi connectivity index (χ3n) is 6.22. The van der Waals surface area contributed by atoms with Gasteiger partial charge < -0.3 is 5.11 Å². The lowest BCUT2D eigenvalue weighted by atomic mass is 9.57. The molecule has 0 radical (unpaired) electrons. The van der Waals surface area contributed by atoms with Crippen LogP contribution in [0, 0.1) is 23.2 Å². The van der Waals surface area contributed by atoms with Gasteiger partial charge in [-0.25, -0.2) is 0 Å². The second kappa shape index (κ2) is 4.09. The van der Waals surface area contributed by atoms with E-state index in [0.717, 1.165) is 44.1 Å². The first-order valence-corrected chi connectivity index (χ1v) is 7.92. The molecule has 2 saturated carbocycles. The Morgan fingerprint density at radius 2 is 2.10 bits per heavy atom. The summed E-state index contributed by atoms with van der Waals surface area (Å²) in [7, 11) is 0. The van der Waals surface area contributed by atoms with Crippen LogP contribution in [-0.4, -0.2) is 10.7 Å². The molecule has 2 heteroatoms. The summed E-state index contributed by atoms with van der Waals surface area (Å²) in [5.41, 5.74) is 0.934. The quantitative estimate of drug-likeness (QED) is 0.848. The number of fused-ring (bicyclic) bond motifs is 3. The van der Waals surface area contributed by atoms with Crippen molar-refractivity contribution in [2.24, 2.45) is 11.8 Å². The summed E-state index contributed by atoms with van der Waals surface area (Å²) in [5.74, 6) is 0.975. The minimum absolute atomic E-state index is 0.332. The fourth-order valence-electron chi connectivity index (χ4n) is 5.32. The minimum atomic E-state index is -0.790. The summed E-state index contributed by atoms with van der Waals surface area (Å²) in [6, 6.07) is 10.9. The van der Waals surface area contributed by atoms with Gasteiger partial charge in [0.1, 0.15) is 5.41 Å². The first-order valence-electron chi connectivity index (χ1n) is 7.92. The van der Waals surface area contributed by atoms with Gasteiger partial charge in [0.2, 0.25) is 0 Å². The largest absolute Gasteiger partial charge is 0.388 e. The van der Waals surface area contributed by atoms with E-state index < -0.39 is 11.0 Å². The number of hydrogen-bond acceptors (Lipinski definition) is 2. The van der Waals surface area contributed by atoms with Crippen molar-refractivity contribution >= 4 is 0 Å². The Kier molecular flexibility index (Phi) is 2.54. The van der Waals surface area contributed by atoms with E-state index in [9.17, 15) is 10.4 Å². The van der Waals surface area contributed by atoms with Gasteiger partial charge in [-0.05, 0) is 67.9 Å². The van der Waals surface area contributed by atoms with Gasteiger partial charge >= 0.3 is 0 Å². The molecule has 0 spiro atoms. The van der Waals surface area contributed by atoms with Gasteiger partial charge in [-0.2, -0.15) is 5.26 Å². The minimum Gasteiger partial charge on any atom is -0.388 e. The molecule has 3 aliphatic rings. The molecule has 1 aromatic carbocycles. The number of aryl methyl sites for hydroxylation is 1. The maximum absolute atomic E-state index is 11.5. The number of hydrogen-bond donors (Lipinski definition) is 1. The van der Waals surface area contributed by atoms with Crippen LogP contribution in [0.1, 0.15) is 49.7 Å². The van der Waals surface area contributed by atoms with Crippen molar-refractivity contribution in [1.82, 2.24) is 0 Å². The SMILES string of the molecule is N#CC1(C2(O)CC3CCC2C3)CCCc2ccccc21. The van der Waals surface area contributed by atoms with Crippen molar-refractivity contribution in [3.8, 4) is 6.07 Å². The average molecular weight is 267 g/mol. The first-order chi connectivity index (χ1) is 9.69. The summed E-state index contributed by atoms with van der Waals surface area (Å²) < 4.78 is 0. The van der Waals surface area contributed by atoms with Gasteiger partial charge in [-0.3, -0.25) is 0 Å². The van der Waals surface area contributed by atoms with Crippen LogP contribution in [0.5, 0.6) is 0 Å². The van der Waals surface area contributed by atoms with Crippen LogP contribution in [0.15, 0.2) is 24.3 Å². The van der Waals surface area contributed by atoms with Gasteiger partial charge in [0.15, 0.2) is 0 Å². The zero-order chi connectivity index (χ0) is 13.8. The van der Waals surface area contributed by atoms with Crippen LogP contribution in [0.3, 0.4) is 0 Å². The van der Waals surface area contributed by atoms with Crippen molar-refractivity contribution in [1.29, 1.82) is 5.26 Å². The highest BCUT2D eigenvalue weighted by atomic mass is 16.3. The fraction of sp³-hybridized carbons (Fsp3) is 0.611. The summed E-state index contributed by atoms with van der Waals surface area (Å²) in [4.78, 5) is 0. The van der Waals surface area contributed by atoms with Crippen molar-refractivity contribution in [3.05, 3.63) is 35.4 Å². The number of rotatable bonds is 1. The molecule has 4 rings (SSSR count). The second-order valence-corrected chi connectivity index (χ2v) is 7.03. The molecule has 0 aromatic heterocycles. The van der Waals surface area contributed by atoms with Crippen molar-refractivity contribution in [3.63, 3.8) is 0 Å². The number of aliphatic hydroxyl groups is 1. The van der Waals surface area contributed by atoms with Crippen LogP contribution in [0.2, 0.25) is 0 Å². The molecular weight excluding hydrogens is 246 g/mol. The molecule has 2 fully saturated rings. The Morgan fingerprint density at radius 3 is 2.80 bits per heavy atom. The van der Waals surface area contributed by atoms with E-state index in [-0.39, 0.29) is 0 Å². The van der Waals surface area contributed by atoms with E-state index in [2.05, 4.69) is 24.3 Å². The summed E-state index contributed by atoms with van der Waals surface area (Å²) in [5, 5.41) is 21.5. The second-order valence-electron chi connectivity index (χ2n) is 7.03. The average Bonchev–Trinajstić information content (AvgIpc) is 3.07. The number of nitriles is 1. The monoisotopic (exact) mass is 267 g/mol. The lowest BCUT2D eigenvalue weighted by Crippen LogP contribution is -2.55. The predicted molar refractivity (Wildman–Crippen MR) is 77.1 cm³/mol. The van der Waals surface area contributed by atoms with Crippen LogP contribution >= 0.6 is 0 Å². The molecule has 0 heterocycles. The Labute approximate surface area is 120 Å². The van der Waals surface area contributed by atoms with E-state index in [1.807, 2.05) is 6.07 Å². The first kappa shape index (κ1) is 12.4. The lowest BCUT2D eigenvalue weighted by Gasteiger charge is -2.48. The van der Waals surface area contributed by atoms with Crippen LogP contribution < -0.4 is 0 Å². The Morgan fingerprint density at radius 1 is 1.25 bits per heavy atom. The van der Waals surface area contributed by atoms with Gasteiger partial charge in [0.25, 0.3) is 0 Å². The third kappa shape index (κ3) is 1.37. The highest BCUT2D eigenvalue weighted by Crippen LogP contribution is 2.60. The molecular formula is C18H21NO. The van der Waals surface area contributed by atoms with E-state index >= 15 is 0 Å². The molecule has 4 atom stereocenters. The molecule has 0 saturated heterocycles. The Hall–Kier alpha value is -1.33. The van der Waals surface area contributed by atoms with Crippen molar-refractivity contribution in [2.45, 2.75) is 56.0 Å². The molecule has 2 nitrogen and oxygen atoms in total. The van der Waals surface area contributed by atoms with Gasteiger partial charge in [0.05, 0.1) is 11.7 Å². The summed E-state index contributed by atoms with van der Waals surface area (Å²) in [6.45, 7) is 0. The predicted octanol–water partition coefficient (Wildman–Crippen LogP) is 3.34. The molecule has 0 aliphatic heterocycles.